The van der Waals surface area contributed by atoms with Gasteiger partial charge in [0.25, 0.3) is 5.91 Å². The van der Waals surface area contributed by atoms with Gasteiger partial charge in [-0.15, -0.1) is 0 Å². The molecule has 0 aromatic heterocycles. The van der Waals surface area contributed by atoms with Crippen LogP contribution in [0.1, 0.15) is 54.1 Å². The zero-order valence-corrected chi connectivity index (χ0v) is 16.1. The third kappa shape index (κ3) is 4.85. The Hall–Kier alpha value is -2.29. The number of rotatable bonds is 6. The minimum Gasteiger partial charge on any atom is -0.481 e. The van der Waals surface area contributed by atoms with Crippen LogP contribution < -0.4 is 10.1 Å². The van der Waals surface area contributed by atoms with Crippen molar-refractivity contribution in [2.24, 2.45) is 0 Å². The van der Waals surface area contributed by atoms with Gasteiger partial charge in [-0.25, -0.2) is 0 Å². The number of amides is 1. The largest absolute Gasteiger partial charge is 0.481 e. The van der Waals surface area contributed by atoms with Gasteiger partial charge in [-0.05, 0) is 63.8 Å². The van der Waals surface area contributed by atoms with Crippen LogP contribution in [0.2, 0.25) is 0 Å². The van der Waals surface area contributed by atoms with Crippen molar-refractivity contribution < 1.29 is 9.53 Å². The molecule has 3 nitrogen and oxygen atoms in total. The lowest BCUT2D eigenvalue weighted by Gasteiger charge is -2.23. The number of ether oxygens (including phenoxy) is 1. The molecule has 0 fully saturated rings. The summed E-state index contributed by atoms with van der Waals surface area (Å²) in [5, 5.41) is 3.13. The van der Waals surface area contributed by atoms with Crippen molar-refractivity contribution in [2.45, 2.75) is 60.1 Å². The molecule has 2 atom stereocenters. The maximum Gasteiger partial charge on any atom is 0.261 e. The third-order valence-electron chi connectivity index (χ3n) is 4.53. The maximum atomic E-state index is 12.6. The predicted molar refractivity (Wildman–Crippen MR) is 103 cm³/mol. The Kier molecular flexibility index (Phi) is 6.24. The Labute approximate surface area is 151 Å². The number of benzene rings is 2. The Balaban J connectivity index is 2.08. The molecule has 1 amide bonds. The summed E-state index contributed by atoms with van der Waals surface area (Å²) in [4.78, 5) is 12.6. The van der Waals surface area contributed by atoms with Crippen molar-refractivity contribution in [3.05, 3.63) is 64.2 Å². The van der Waals surface area contributed by atoms with E-state index in [4.69, 9.17) is 4.74 Å². The van der Waals surface area contributed by atoms with Crippen molar-refractivity contribution in [3.8, 4) is 5.75 Å². The van der Waals surface area contributed by atoms with E-state index in [-0.39, 0.29) is 11.9 Å². The summed E-state index contributed by atoms with van der Waals surface area (Å²) < 4.78 is 5.88. The summed E-state index contributed by atoms with van der Waals surface area (Å²) >= 11 is 0. The van der Waals surface area contributed by atoms with E-state index in [1.165, 1.54) is 22.3 Å². The molecule has 0 saturated carbocycles. The molecule has 0 spiro atoms. The average molecular weight is 339 g/mol. The molecule has 2 aromatic carbocycles. The first kappa shape index (κ1) is 19.0. The number of carbonyl (C=O) groups excluding carboxylic acids is 1. The molecule has 0 unspecified atom stereocenters. The van der Waals surface area contributed by atoms with E-state index in [1.807, 2.05) is 26.0 Å². The lowest BCUT2D eigenvalue weighted by atomic mass is 9.97. The van der Waals surface area contributed by atoms with Gasteiger partial charge in [0.05, 0.1) is 6.04 Å². The van der Waals surface area contributed by atoms with Gasteiger partial charge >= 0.3 is 0 Å². The van der Waals surface area contributed by atoms with Crippen LogP contribution >= 0.6 is 0 Å². The van der Waals surface area contributed by atoms with Gasteiger partial charge in [-0.2, -0.15) is 0 Å². The number of carbonyl (C=O) groups is 1. The molecule has 3 heteroatoms. The molecule has 134 valence electrons. The van der Waals surface area contributed by atoms with Crippen molar-refractivity contribution >= 4 is 5.91 Å². The number of nitrogens with one attached hydrogen (secondary N) is 1. The lowest BCUT2D eigenvalue weighted by Crippen LogP contribution is -2.38. The fourth-order valence-electron chi connectivity index (χ4n) is 3.08. The van der Waals surface area contributed by atoms with Crippen LogP contribution in [0, 0.1) is 27.7 Å². The quantitative estimate of drug-likeness (QED) is 0.808. The summed E-state index contributed by atoms with van der Waals surface area (Å²) in [7, 11) is 0. The van der Waals surface area contributed by atoms with E-state index in [0.717, 1.165) is 17.7 Å². The highest BCUT2D eigenvalue weighted by Gasteiger charge is 2.20. The smallest absolute Gasteiger partial charge is 0.261 e. The first-order chi connectivity index (χ1) is 11.8. The van der Waals surface area contributed by atoms with E-state index in [9.17, 15) is 4.79 Å². The van der Waals surface area contributed by atoms with Crippen molar-refractivity contribution in [1.82, 2.24) is 5.32 Å². The normalized spacial score (nSPS) is 13.2. The SMILES string of the molecule is CC[C@@H](NC(=O)[C@H](C)Oc1ccc(C)cc1C)c1ccc(C)cc1C. The molecule has 0 aliphatic carbocycles. The minimum atomic E-state index is -0.541. The van der Waals surface area contributed by atoms with Gasteiger partial charge in [-0.1, -0.05) is 48.4 Å². The van der Waals surface area contributed by atoms with E-state index in [1.54, 1.807) is 6.92 Å². The molecule has 0 saturated heterocycles. The Morgan fingerprint density at radius 1 is 1.00 bits per heavy atom. The number of hydrogen-bond donors (Lipinski definition) is 1. The molecule has 2 aromatic rings. The third-order valence-corrected chi connectivity index (χ3v) is 4.53. The summed E-state index contributed by atoms with van der Waals surface area (Å²) in [5.74, 6) is 0.666. The zero-order valence-electron chi connectivity index (χ0n) is 16.1. The average Bonchev–Trinajstić information content (AvgIpc) is 2.55. The highest BCUT2D eigenvalue weighted by molar-refractivity contribution is 5.81. The molecule has 2 rings (SSSR count). The van der Waals surface area contributed by atoms with Gasteiger partial charge in [0, 0.05) is 0 Å². The van der Waals surface area contributed by atoms with Crippen LogP contribution in [-0.4, -0.2) is 12.0 Å². The second-order valence-electron chi connectivity index (χ2n) is 6.86. The molecule has 0 radical (unpaired) electrons. The van der Waals surface area contributed by atoms with Crippen molar-refractivity contribution in [1.29, 1.82) is 0 Å². The molecule has 1 N–H and O–H groups in total. The molecule has 0 aliphatic rings. The predicted octanol–water partition coefficient (Wildman–Crippen LogP) is 4.96. The van der Waals surface area contributed by atoms with Gasteiger partial charge in [-0.3, -0.25) is 4.79 Å². The van der Waals surface area contributed by atoms with Gasteiger partial charge in [0.1, 0.15) is 5.75 Å². The first-order valence-corrected chi connectivity index (χ1v) is 8.93. The standard InChI is InChI=1S/C22H29NO2/c1-7-20(19-10-8-14(2)12-16(19)4)23-22(24)18(6)25-21-11-9-15(3)13-17(21)5/h8-13,18,20H,7H2,1-6H3,(H,23,24)/t18-,20+/m0/s1. The van der Waals surface area contributed by atoms with Crippen molar-refractivity contribution in [2.75, 3.05) is 0 Å². The number of aryl methyl sites for hydroxylation is 4. The van der Waals surface area contributed by atoms with E-state index in [2.05, 4.69) is 50.4 Å². The van der Waals surface area contributed by atoms with Gasteiger partial charge in [0.2, 0.25) is 0 Å². The van der Waals surface area contributed by atoms with Crippen LogP contribution in [0.5, 0.6) is 5.75 Å². The van der Waals surface area contributed by atoms with Crippen molar-refractivity contribution in [3.63, 3.8) is 0 Å². The van der Waals surface area contributed by atoms with Crippen LogP contribution in [0.3, 0.4) is 0 Å². The van der Waals surface area contributed by atoms with Crippen LogP contribution in [0.4, 0.5) is 0 Å². The Bertz CT molecular complexity index is 752. The van der Waals surface area contributed by atoms with E-state index in [0.29, 0.717) is 0 Å². The Morgan fingerprint density at radius 3 is 2.16 bits per heavy atom. The maximum absolute atomic E-state index is 12.6. The molecular weight excluding hydrogens is 310 g/mol. The topological polar surface area (TPSA) is 38.3 Å². The van der Waals surface area contributed by atoms with Crippen LogP contribution in [0.25, 0.3) is 0 Å². The van der Waals surface area contributed by atoms with Crippen LogP contribution in [0.15, 0.2) is 36.4 Å². The molecular formula is C22H29NO2. The van der Waals surface area contributed by atoms with Crippen LogP contribution in [-0.2, 0) is 4.79 Å². The second kappa shape index (κ2) is 8.19. The second-order valence-corrected chi connectivity index (χ2v) is 6.86. The fraction of sp³-hybridized carbons (Fsp3) is 0.409. The lowest BCUT2D eigenvalue weighted by molar-refractivity contribution is -0.128. The van der Waals surface area contributed by atoms with E-state index >= 15 is 0 Å². The molecule has 25 heavy (non-hydrogen) atoms. The van der Waals surface area contributed by atoms with Gasteiger partial charge in [0.15, 0.2) is 6.10 Å². The number of hydrogen-bond acceptors (Lipinski definition) is 2. The highest BCUT2D eigenvalue weighted by Crippen LogP contribution is 2.23. The molecule has 0 bridgehead atoms. The molecule has 0 aliphatic heterocycles. The Morgan fingerprint density at radius 2 is 1.60 bits per heavy atom. The monoisotopic (exact) mass is 339 g/mol. The summed E-state index contributed by atoms with van der Waals surface area (Å²) in [6.45, 7) is 12.1. The van der Waals surface area contributed by atoms with E-state index < -0.39 is 6.10 Å². The minimum absolute atomic E-state index is 0.00161. The zero-order chi connectivity index (χ0) is 18.6. The summed E-state index contributed by atoms with van der Waals surface area (Å²) in [5.41, 5.74) is 5.83. The fourth-order valence-corrected chi connectivity index (χ4v) is 3.08. The summed E-state index contributed by atoms with van der Waals surface area (Å²) in [6.07, 6.45) is 0.299. The first-order valence-electron chi connectivity index (χ1n) is 8.93. The molecule has 0 heterocycles. The summed E-state index contributed by atoms with van der Waals surface area (Å²) in [6, 6.07) is 12.3. The highest BCUT2D eigenvalue weighted by atomic mass is 16.5. The van der Waals surface area contributed by atoms with Gasteiger partial charge < -0.3 is 10.1 Å².